The van der Waals surface area contributed by atoms with Crippen LogP contribution in [0.5, 0.6) is 0 Å². The number of β-amino-alcohol motifs (C(OH)–C–C–N with tert-alkyl or cyclic N) is 1. The Morgan fingerprint density at radius 1 is 1.32 bits per heavy atom. The summed E-state index contributed by atoms with van der Waals surface area (Å²) in [5.74, 6) is -0.0642. The van der Waals surface area contributed by atoms with Crippen molar-refractivity contribution in [2.45, 2.75) is 18.9 Å². The molecule has 1 amide bonds. The minimum Gasteiger partial charge on any atom is -0.386 e. The van der Waals surface area contributed by atoms with E-state index < -0.39 is 5.60 Å². The van der Waals surface area contributed by atoms with Gasteiger partial charge in [0.25, 0.3) is 5.91 Å². The Morgan fingerprint density at radius 3 is 2.68 bits per heavy atom. The van der Waals surface area contributed by atoms with Crippen LogP contribution < -0.4 is 0 Å². The summed E-state index contributed by atoms with van der Waals surface area (Å²) in [6.45, 7) is 2.73. The Hall–Kier alpha value is -2.01. The summed E-state index contributed by atoms with van der Waals surface area (Å²) in [6.07, 6.45) is 3.90. The molecule has 1 saturated heterocycles. The SMILES string of the molecule is CCC1(O)CN(C(=O)c2ccc3nccnc3c2)C1. The topological polar surface area (TPSA) is 66.3 Å². The van der Waals surface area contributed by atoms with E-state index in [1.807, 2.05) is 6.92 Å². The first-order chi connectivity index (χ1) is 9.11. The highest BCUT2D eigenvalue weighted by atomic mass is 16.3. The molecule has 2 heterocycles. The van der Waals surface area contributed by atoms with Gasteiger partial charge in [-0.3, -0.25) is 14.8 Å². The fourth-order valence-corrected chi connectivity index (χ4v) is 2.31. The van der Waals surface area contributed by atoms with Gasteiger partial charge in [0, 0.05) is 18.0 Å². The number of likely N-dealkylation sites (tertiary alicyclic amines) is 1. The van der Waals surface area contributed by atoms with E-state index in [9.17, 15) is 9.90 Å². The molecule has 0 unspecified atom stereocenters. The number of rotatable bonds is 2. The quantitative estimate of drug-likeness (QED) is 0.878. The van der Waals surface area contributed by atoms with Gasteiger partial charge in [-0.1, -0.05) is 6.92 Å². The molecule has 1 aliphatic heterocycles. The smallest absolute Gasteiger partial charge is 0.254 e. The molecule has 19 heavy (non-hydrogen) atoms. The van der Waals surface area contributed by atoms with E-state index in [0.29, 0.717) is 30.6 Å². The zero-order valence-corrected chi connectivity index (χ0v) is 10.7. The summed E-state index contributed by atoms with van der Waals surface area (Å²) >= 11 is 0. The Labute approximate surface area is 110 Å². The first-order valence-electron chi connectivity index (χ1n) is 6.34. The van der Waals surface area contributed by atoms with Gasteiger partial charge in [-0.25, -0.2) is 0 Å². The van der Waals surface area contributed by atoms with Gasteiger partial charge in [0.15, 0.2) is 0 Å². The van der Waals surface area contributed by atoms with Gasteiger partial charge < -0.3 is 10.0 Å². The number of carbonyl (C=O) groups is 1. The van der Waals surface area contributed by atoms with Crippen LogP contribution in [-0.4, -0.2) is 44.6 Å². The van der Waals surface area contributed by atoms with Crippen LogP contribution in [0.2, 0.25) is 0 Å². The van der Waals surface area contributed by atoms with Gasteiger partial charge in [0.2, 0.25) is 0 Å². The second kappa shape index (κ2) is 4.28. The highest BCUT2D eigenvalue weighted by Gasteiger charge is 2.42. The third-order valence-electron chi connectivity index (χ3n) is 3.63. The third kappa shape index (κ3) is 2.06. The maximum atomic E-state index is 12.2. The van der Waals surface area contributed by atoms with Crippen LogP contribution in [0.3, 0.4) is 0 Å². The molecule has 0 saturated carbocycles. The fraction of sp³-hybridized carbons (Fsp3) is 0.357. The van der Waals surface area contributed by atoms with Gasteiger partial charge in [0.05, 0.1) is 29.7 Å². The van der Waals surface area contributed by atoms with Gasteiger partial charge in [-0.15, -0.1) is 0 Å². The van der Waals surface area contributed by atoms with E-state index in [0.717, 1.165) is 5.52 Å². The van der Waals surface area contributed by atoms with E-state index in [-0.39, 0.29) is 5.91 Å². The van der Waals surface area contributed by atoms with E-state index in [2.05, 4.69) is 9.97 Å². The molecule has 1 aromatic carbocycles. The van der Waals surface area contributed by atoms with Crippen LogP contribution >= 0.6 is 0 Å². The Morgan fingerprint density at radius 2 is 2.00 bits per heavy atom. The van der Waals surface area contributed by atoms with Crippen molar-refractivity contribution in [1.82, 2.24) is 14.9 Å². The molecular formula is C14H15N3O2. The molecule has 0 spiro atoms. The largest absolute Gasteiger partial charge is 0.386 e. The normalized spacial score (nSPS) is 17.3. The number of aliphatic hydroxyl groups is 1. The molecule has 0 aliphatic carbocycles. The molecule has 1 N–H and O–H groups in total. The average Bonchev–Trinajstić information content (AvgIpc) is 2.42. The molecule has 1 aromatic heterocycles. The van der Waals surface area contributed by atoms with Crippen molar-refractivity contribution < 1.29 is 9.90 Å². The summed E-state index contributed by atoms with van der Waals surface area (Å²) in [6, 6.07) is 5.29. The molecule has 3 rings (SSSR count). The molecular weight excluding hydrogens is 242 g/mol. The number of carbonyl (C=O) groups excluding carboxylic acids is 1. The minimum absolute atomic E-state index is 0.0642. The molecule has 5 nitrogen and oxygen atoms in total. The first-order valence-corrected chi connectivity index (χ1v) is 6.34. The average molecular weight is 257 g/mol. The highest BCUT2D eigenvalue weighted by molar-refractivity contribution is 5.97. The minimum atomic E-state index is -0.702. The number of hydrogen-bond acceptors (Lipinski definition) is 4. The predicted octanol–water partition coefficient (Wildman–Crippen LogP) is 1.23. The molecule has 2 aromatic rings. The van der Waals surface area contributed by atoms with E-state index in [1.54, 1.807) is 35.5 Å². The summed E-state index contributed by atoms with van der Waals surface area (Å²) in [5, 5.41) is 9.94. The lowest BCUT2D eigenvalue weighted by Crippen LogP contribution is -2.63. The van der Waals surface area contributed by atoms with Crippen molar-refractivity contribution in [3.8, 4) is 0 Å². The standard InChI is InChI=1S/C14H15N3O2/c1-2-14(19)8-17(9-14)13(18)10-3-4-11-12(7-10)16-6-5-15-11/h3-7,19H,2,8-9H2,1H3. The molecule has 1 fully saturated rings. The fourth-order valence-electron chi connectivity index (χ4n) is 2.31. The lowest BCUT2D eigenvalue weighted by atomic mass is 9.90. The molecule has 0 radical (unpaired) electrons. The van der Waals surface area contributed by atoms with Crippen molar-refractivity contribution >= 4 is 16.9 Å². The van der Waals surface area contributed by atoms with Crippen molar-refractivity contribution in [2.24, 2.45) is 0 Å². The van der Waals surface area contributed by atoms with Crippen molar-refractivity contribution in [3.63, 3.8) is 0 Å². The highest BCUT2D eigenvalue weighted by Crippen LogP contribution is 2.26. The van der Waals surface area contributed by atoms with Crippen LogP contribution in [0.15, 0.2) is 30.6 Å². The Balaban J connectivity index is 1.83. The molecule has 0 bridgehead atoms. The maximum Gasteiger partial charge on any atom is 0.254 e. The summed E-state index contributed by atoms with van der Waals surface area (Å²) in [4.78, 5) is 22.3. The van der Waals surface area contributed by atoms with E-state index in [1.165, 1.54) is 0 Å². The number of amides is 1. The summed E-state index contributed by atoms with van der Waals surface area (Å²) in [5.41, 5.74) is 1.37. The Bertz CT molecular complexity index is 635. The summed E-state index contributed by atoms with van der Waals surface area (Å²) in [7, 11) is 0. The van der Waals surface area contributed by atoms with Crippen LogP contribution in [0.25, 0.3) is 11.0 Å². The molecule has 5 heteroatoms. The number of hydrogen-bond donors (Lipinski definition) is 1. The van der Waals surface area contributed by atoms with Crippen molar-refractivity contribution in [2.75, 3.05) is 13.1 Å². The van der Waals surface area contributed by atoms with Crippen LogP contribution in [0, 0.1) is 0 Å². The zero-order valence-electron chi connectivity index (χ0n) is 10.7. The van der Waals surface area contributed by atoms with Crippen LogP contribution in [-0.2, 0) is 0 Å². The Kier molecular flexibility index (Phi) is 2.71. The van der Waals surface area contributed by atoms with Crippen molar-refractivity contribution in [1.29, 1.82) is 0 Å². The number of nitrogens with zero attached hydrogens (tertiary/aromatic N) is 3. The lowest BCUT2D eigenvalue weighted by Gasteiger charge is -2.46. The second-order valence-corrected chi connectivity index (χ2v) is 5.00. The monoisotopic (exact) mass is 257 g/mol. The van der Waals surface area contributed by atoms with Gasteiger partial charge in [-0.05, 0) is 24.6 Å². The third-order valence-corrected chi connectivity index (χ3v) is 3.63. The van der Waals surface area contributed by atoms with Gasteiger partial charge in [0.1, 0.15) is 0 Å². The molecule has 0 atom stereocenters. The number of aromatic nitrogens is 2. The summed E-state index contributed by atoms with van der Waals surface area (Å²) < 4.78 is 0. The van der Waals surface area contributed by atoms with E-state index in [4.69, 9.17) is 0 Å². The van der Waals surface area contributed by atoms with Gasteiger partial charge >= 0.3 is 0 Å². The second-order valence-electron chi connectivity index (χ2n) is 5.00. The zero-order chi connectivity index (χ0) is 13.5. The first kappa shape index (κ1) is 12.0. The van der Waals surface area contributed by atoms with Crippen LogP contribution in [0.4, 0.5) is 0 Å². The van der Waals surface area contributed by atoms with E-state index >= 15 is 0 Å². The molecule has 98 valence electrons. The van der Waals surface area contributed by atoms with Crippen LogP contribution in [0.1, 0.15) is 23.7 Å². The number of fused-ring (bicyclic) bond motifs is 1. The van der Waals surface area contributed by atoms with Gasteiger partial charge in [-0.2, -0.15) is 0 Å². The lowest BCUT2D eigenvalue weighted by molar-refractivity contribution is -0.0826. The predicted molar refractivity (Wildman–Crippen MR) is 70.7 cm³/mol. The van der Waals surface area contributed by atoms with Crippen molar-refractivity contribution in [3.05, 3.63) is 36.2 Å². The maximum absolute atomic E-state index is 12.2. The molecule has 1 aliphatic rings. The number of benzene rings is 1.